The van der Waals surface area contributed by atoms with Crippen LogP contribution < -0.4 is 5.32 Å². The molecule has 0 aliphatic carbocycles. The van der Waals surface area contributed by atoms with Crippen LogP contribution in [0.5, 0.6) is 0 Å². The second-order valence-corrected chi connectivity index (χ2v) is 5.68. The van der Waals surface area contributed by atoms with Crippen molar-refractivity contribution in [3.05, 3.63) is 52.1 Å². The first kappa shape index (κ1) is 12.2. The number of hydrogen-bond donors (Lipinski definition) is 2. The van der Waals surface area contributed by atoms with Crippen molar-refractivity contribution in [2.24, 2.45) is 0 Å². The number of aromatic amines is 1. The van der Waals surface area contributed by atoms with E-state index >= 15 is 0 Å². The summed E-state index contributed by atoms with van der Waals surface area (Å²) in [6.45, 7) is 0.719. The molecule has 0 aliphatic rings. The Morgan fingerprint density at radius 3 is 3.00 bits per heavy atom. The van der Waals surface area contributed by atoms with Crippen LogP contribution in [0.25, 0.3) is 11.3 Å². The molecule has 3 aromatic rings. The first-order valence-corrected chi connectivity index (χ1v) is 6.94. The van der Waals surface area contributed by atoms with Crippen LogP contribution in [-0.4, -0.2) is 15.2 Å². The number of aromatic nitrogens is 3. The number of benzene rings is 1. The van der Waals surface area contributed by atoms with Crippen molar-refractivity contribution in [3.8, 4) is 11.3 Å². The molecule has 2 heterocycles. The molecule has 0 radical (unpaired) electrons. The quantitative estimate of drug-likeness (QED) is 0.768. The van der Waals surface area contributed by atoms with E-state index < -0.39 is 0 Å². The third kappa shape index (κ3) is 2.94. The molecule has 0 fully saturated rings. The molecule has 1 aromatic carbocycles. The van der Waals surface area contributed by atoms with E-state index in [9.17, 15) is 0 Å². The van der Waals surface area contributed by atoms with Crippen molar-refractivity contribution in [2.45, 2.75) is 6.54 Å². The third-order valence-electron chi connectivity index (χ3n) is 2.67. The SMILES string of the molecule is Clc1ncc(CNc2cccc(-c3ccn[nH]3)c2)s1. The Morgan fingerprint density at radius 1 is 1.32 bits per heavy atom. The molecular weight excluding hydrogens is 280 g/mol. The number of halogens is 1. The minimum absolute atomic E-state index is 0.572. The lowest BCUT2D eigenvalue weighted by Crippen LogP contribution is -1.97. The zero-order chi connectivity index (χ0) is 13.1. The van der Waals surface area contributed by atoms with E-state index in [-0.39, 0.29) is 0 Å². The van der Waals surface area contributed by atoms with Gasteiger partial charge in [-0.2, -0.15) is 5.10 Å². The van der Waals surface area contributed by atoms with Gasteiger partial charge < -0.3 is 5.32 Å². The molecule has 0 saturated carbocycles. The molecule has 2 aromatic heterocycles. The molecule has 0 unspecified atom stereocenters. The predicted molar refractivity (Wildman–Crippen MR) is 78.5 cm³/mol. The maximum absolute atomic E-state index is 5.80. The second-order valence-electron chi connectivity index (χ2n) is 3.98. The van der Waals surface area contributed by atoms with Gasteiger partial charge in [-0.1, -0.05) is 23.7 Å². The van der Waals surface area contributed by atoms with Gasteiger partial charge in [-0.05, 0) is 18.2 Å². The average Bonchev–Trinajstić information content (AvgIpc) is 3.08. The number of anilines is 1. The van der Waals surface area contributed by atoms with Gasteiger partial charge >= 0.3 is 0 Å². The number of rotatable bonds is 4. The van der Waals surface area contributed by atoms with E-state index in [0.29, 0.717) is 4.47 Å². The van der Waals surface area contributed by atoms with E-state index in [1.165, 1.54) is 11.3 Å². The van der Waals surface area contributed by atoms with Crippen LogP contribution in [0, 0.1) is 0 Å². The predicted octanol–water partition coefficient (Wildman–Crippen LogP) is 3.80. The van der Waals surface area contributed by atoms with Crippen LogP contribution in [0.4, 0.5) is 5.69 Å². The molecule has 6 heteroatoms. The third-order valence-corrected chi connectivity index (χ3v) is 3.78. The summed E-state index contributed by atoms with van der Waals surface area (Å²) in [5.41, 5.74) is 3.16. The monoisotopic (exact) mass is 290 g/mol. The highest BCUT2D eigenvalue weighted by Crippen LogP contribution is 2.22. The van der Waals surface area contributed by atoms with Gasteiger partial charge in [0.1, 0.15) is 0 Å². The molecular formula is C13H11ClN4S. The Bertz CT molecular complexity index is 663. The summed E-state index contributed by atoms with van der Waals surface area (Å²) in [5, 5.41) is 10.3. The summed E-state index contributed by atoms with van der Waals surface area (Å²) < 4.78 is 0.572. The van der Waals surface area contributed by atoms with E-state index in [4.69, 9.17) is 11.6 Å². The van der Waals surface area contributed by atoms with Crippen molar-refractivity contribution in [1.29, 1.82) is 0 Å². The second kappa shape index (κ2) is 5.42. The summed E-state index contributed by atoms with van der Waals surface area (Å²) in [4.78, 5) is 5.13. The molecule has 4 nitrogen and oxygen atoms in total. The van der Waals surface area contributed by atoms with Crippen molar-refractivity contribution in [2.75, 3.05) is 5.32 Å². The lowest BCUT2D eigenvalue weighted by molar-refractivity contribution is 1.09. The number of nitrogens with zero attached hydrogens (tertiary/aromatic N) is 2. The van der Waals surface area contributed by atoms with Crippen LogP contribution in [0.1, 0.15) is 4.88 Å². The molecule has 19 heavy (non-hydrogen) atoms. The maximum Gasteiger partial charge on any atom is 0.183 e. The first-order chi connectivity index (χ1) is 9.31. The fourth-order valence-electron chi connectivity index (χ4n) is 1.77. The Labute approximate surface area is 119 Å². The fourth-order valence-corrected chi connectivity index (χ4v) is 2.69. The van der Waals surface area contributed by atoms with Crippen molar-refractivity contribution in [1.82, 2.24) is 15.2 Å². The van der Waals surface area contributed by atoms with Gasteiger partial charge in [-0.25, -0.2) is 4.98 Å². The number of nitrogens with one attached hydrogen (secondary N) is 2. The lowest BCUT2D eigenvalue weighted by Gasteiger charge is -2.06. The standard InChI is InChI=1S/C13H11ClN4S/c14-13-16-8-11(19-13)7-15-10-3-1-2-9(6-10)12-4-5-17-18-12/h1-6,8,15H,7H2,(H,17,18). The van der Waals surface area contributed by atoms with Crippen LogP contribution >= 0.6 is 22.9 Å². The molecule has 0 spiro atoms. The van der Waals surface area contributed by atoms with Crippen molar-refractivity contribution < 1.29 is 0 Å². The number of H-pyrrole nitrogens is 1. The topological polar surface area (TPSA) is 53.6 Å². The highest BCUT2D eigenvalue weighted by Gasteiger charge is 2.02. The molecule has 96 valence electrons. The summed E-state index contributed by atoms with van der Waals surface area (Å²) in [7, 11) is 0. The van der Waals surface area contributed by atoms with Gasteiger partial charge in [-0.3, -0.25) is 5.10 Å². The van der Waals surface area contributed by atoms with Crippen molar-refractivity contribution >= 4 is 28.6 Å². The Hall–Kier alpha value is -1.85. The highest BCUT2D eigenvalue weighted by molar-refractivity contribution is 7.15. The lowest BCUT2D eigenvalue weighted by atomic mass is 10.1. The van der Waals surface area contributed by atoms with E-state index in [2.05, 4.69) is 26.6 Å². The smallest absolute Gasteiger partial charge is 0.183 e. The molecule has 3 rings (SSSR count). The molecule has 0 atom stereocenters. The minimum atomic E-state index is 0.572. The summed E-state index contributed by atoms with van der Waals surface area (Å²) in [5.74, 6) is 0. The van der Waals surface area contributed by atoms with E-state index in [1.54, 1.807) is 12.4 Å². The summed E-state index contributed by atoms with van der Waals surface area (Å²) >= 11 is 7.29. The minimum Gasteiger partial charge on any atom is -0.380 e. The first-order valence-electron chi connectivity index (χ1n) is 5.75. The molecule has 0 amide bonds. The zero-order valence-corrected chi connectivity index (χ0v) is 11.5. The fraction of sp³-hybridized carbons (Fsp3) is 0.0769. The largest absolute Gasteiger partial charge is 0.380 e. The average molecular weight is 291 g/mol. The van der Waals surface area contributed by atoms with Gasteiger partial charge in [0.05, 0.1) is 12.2 Å². The summed E-state index contributed by atoms with van der Waals surface area (Å²) in [6, 6.07) is 10.1. The van der Waals surface area contributed by atoms with Gasteiger partial charge in [0.25, 0.3) is 0 Å². The highest BCUT2D eigenvalue weighted by atomic mass is 35.5. The summed E-state index contributed by atoms with van der Waals surface area (Å²) in [6.07, 6.45) is 3.54. The Balaban J connectivity index is 1.73. The Morgan fingerprint density at radius 2 is 2.26 bits per heavy atom. The van der Waals surface area contributed by atoms with Crippen LogP contribution in [0.15, 0.2) is 42.7 Å². The number of hydrogen-bond acceptors (Lipinski definition) is 4. The van der Waals surface area contributed by atoms with Crippen LogP contribution in [0.2, 0.25) is 4.47 Å². The van der Waals surface area contributed by atoms with Crippen LogP contribution in [-0.2, 0) is 6.54 Å². The van der Waals surface area contributed by atoms with Crippen LogP contribution in [0.3, 0.4) is 0 Å². The van der Waals surface area contributed by atoms with Gasteiger partial charge in [-0.15, -0.1) is 11.3 Å². The zero-order valence-electron chi connectivity index (χ0n) is 9.93. The van der Waals surface area contributed by atoms with Gasteiger partial charge in [0.2, 0.25) is 0 Å². The molecule has 0 bridgehead atoms. The van der Waals surface area contributed by atoms with Gasteiger partial charge in [0.15, 0.2) is 4.47 Å². The number of thiazole rings is 1. The van der Waals surface area contributed by atoms with E-state index in [1.807, 2.05) is 24.3 Å². The van der Waals surface area contributed by atoms with Gasteiger partial charge in [0, 0.05) is 28.5 Å². The van der Waals surface area contributed by atoms with E-state index in [0.717, 1.165) is 28.4 Å². The molecule has 0 saturated heterocycles. The Kier molecular flexibility index (Phi) is 3.48. The molecule has 2 N–H and O–H groups in total. The maximum atomic E-state index is 5.80. The van der Waals surface area contributed by atoms with Crippen molar-refractivity contribution in [3.63, 3.8) is 0 Å². The normalized spacial score (nSPS) is 10.6. The molecule has 0 aliphatic heterocycles.